The summed E-state index contributed by atoms with van der Waals surface area (Å²) in [4.78, 5) is 0. The first-order valence-electron chi connectivity index (χ1n) is 14.2. The third-order valence-electron chi connectivity index (χ3n) is 8.69. The van der Waals surface area contributed by atoms with E-state index in [1.807, 2.05) is 6.07 Å². The molecule has 0 unspecified atom stereocenters. The molecule has 1 N–H and O–H groups in total. The topological polar surface area (TPSA) is 25.2 Å². The van der Waals surface area contributed by atoms with Gasteiger partial charge >= 0.3 is 0 Å². The quantitative estimate of drug-likeness (QED) is 0.246. The van der Waals surface area contributed by atoms with Gasteiger partial charge in [-0.05, 0) is 57.6 Å². The Kier molecular flexibility index (Phi) is 5.20. The summed E-state index contributed by atoms with van der Waals surface area (Å²) in [5.41, 5.74) is 13.9. The molecular formula is C39H29NO. The first-order chi connectivity index (χ1) is 20.1. The second kappa shape index (κ2) is 8.97. The lowest BCUT2D eigenvalue weighted by atomic mass is 9.82. The SMILES string of the molecule is CC1(C)c2ccccc2-c2c1ccc1c2oc2c(-c3ccc(Nc4ccc(-c5ccccc5)cc4)cc3)cccc21. The lowest BCUT2D eigenvalue weighted by molar-refractivity contribution is 0.653. The number of furan rings is 1. The third kappa shape index (κ3) is 3.72. The Balaban J connectivity index is 1.15. The Hall–Kier alpha value is -5.08. The van der Waals surface area contributed by atoms with Crippen molar-refractivity contribution in [3.05, 3.63) is 145 Å². The molecule has 6 aromatic carbocycles. The summed E-state index contributed by atoms with van der Waals surface area (Å²) < 4.78 is 6.79. The van der Waals surface area contributed by atoms with Crippen molar-refractivity contribution in [2.75, 3.05) is 5.32 Å². The van der Waals surface area contributed by atoms with E-state index in [0.29, 0.717) is 0 Å². The molecule has 0 saturated carbocycles. The van der Waals surface area contributed by atoms with Gasteiger partial charge in [-0.25, -0.2) is 0 Å². The van der Waals surface area contributed by atoms with E-state index in [-0.39, 0.29) is 5.41 Å². The van der Waals surface area contributed by atoms with Crippen molar-refractivity contribution < 1.29 is 4.42 Å². The molecule has 2 nitrogen and oxygen atoms in total. The summed E-state index contributed by atoms with van der Waals surface area (Å²) in [6.07, 6.45) is 0. The van der Waals surface area contributed by atoms with Gasteiger partial charge in [-0.1, -0.05) is 123 Å². The van der Waals surface area contributed by atoms with Crippen LogP contribution in [0.4, 0.5) is 11.4 Å². The molecule has 0 saturated heterocycles. The highest BCUT2D eigenvalue weighted by Gasteiger charge is 2.37. The van der Waals surface area contributed by atoms with Crippen LogP contribution in [-0.2, 0) is 5.41 Å². The third-order valence-corrected chi connectivity index (χ3v) is 8.69. The number of hydrogen-bond acceptors (Lipinski definition) is 2. The highest BCUT2D eigenvalue weighted by Crippen LogP contribution is 2.52. The van der Waals surface area contributed by atoms with Crippen molar-refractivity contribution in [1.29, 1.82) is 0 Å². The summed E-state index contributed by atoms with van der Waals surface area (Å²) in [5.74, 6) is 0. The number of fused-ring (bicyclic) bond motifs is 7. The van der Waals surface area contributed by atoms with Gasteiger partial charge in [-0.15, -0.1) is 0 Å². The molecule has 196 valence electrons. The van der Waals surface area contributed by atoms with Crippen LogP contribution in [-0.4, -0.2) is 0 Å². The maximum absolute atomic E-state index is 6.79. The van der Waals surface area contributed by atoms with E-state index in [4.69, 9.17) is 4.42 Å². The molecule has 8 rings (SSSR count). The normalized spacial score (nSPS) is 13.3. The molecule has 1 heterocycles. The molecule has 1 aliphatic carbocycles. The van der Waals surface area contributed by atoms with E-state index in [9.17, 15) is 0 Å². The number of anilines is 2. The highest BCUT2D eigenvalue weighted by atomic mass is 16.3. The lowest BCUT2D eigenvalue weighted by Crippen LogP contribution is -2.14. The zero-order valence-electron chi connectivity index (χ0n) is 23.1. The summed E-state index contributed by atoms with van der Waals surface area (Å²) >= 11 is 0. The van der Waals surface area contributed by atoms with Crippen LogP contribution in [0, 0.1) is 0 Å². The molecule has 1 aromatic heterocycles. The van der Waals surface area contributed by atoms with Crippen molar-refractivity contribution in [2.45, 2.75) is 19.3 Å². The zero-order valence-corrected chi connectivity index (χ0v) is 23.1. The Bertz CT molecular complexity index is 2060. The van der Waals surface area contributed by atoms with Crippen LogP contribution in [0.2, 0.25) is 0 Å². The van der Waals surface area contributed by atoms with Gasteiger partial charge in [0.25, 0.3) is 0 Å². The standard InChI is InChI=1S/C39H29NO/c1-39(2)34-14-7-6-11-33(34)36-35(39)24-23-32-31-13-8-12-30(37(31)41-38(32)36)27-17-21-29(22-18-27)40-28-19-15-26(16-20-28)25-9-4-3-5-10-25/h3-24,40H,1-2H3. The van der Waals surface area contributed by atoms with Crippen LogP contribution in [0.15, 0.2) is 138 Å². The highest BCUT2D eigenvalue weighted by molar-refractivity contribution is 6.14. The Labute approximate surface area is 239 Å². The average molecular weight is 528 g/mol. The molecule has 1 aliphatic rings. The number of hydrogen-bond donors (Lipinski definition) is 1. The first-order valence-corrected chi connectivity index (χ1v) is 14.2. The number of para-hydroxylation sites is 1. The first kappa shape index (κ1) is 23.8. The van der Waals surface area contributed by atoms with Crippen molar-refractivity contribution in [3.63, 3.8) is 0 Å². The van der Waals surface area contributed by atoms with Gasteiger partial charge in [-0.3, -0.25) is 0 Å². The van der Waals surface area contributed by atoms with Crippen LogP contribution >= 0.6 is 0 Å². The lowest BCUT2D eigenvalue weighted by Gasteiger charge is -2.21. The Morgan fingerprint density at radius 1 is 0.463 bits per heavy atom. The average Bonchev–Trinajstić information content (AvgIpc) is 3.51. The second-order valence-electron chi connectivity index (χ2n) is 11.5. The number of rotatable bonds is 4. The minimum Gasteiger partial charge on any atom is -0.455 e. The monoisotopic (exact) mass is 527 g/mol. The molecule has 2 heteroatoms. The molecule has 0 radical (unpaired) electrons. The Morgan fingerprint density at radius 3 is 1.83 bits per heavy atom. The molecule has 0 aliphatic heterocycles. The minimum absolute atomic E-state index is 0.0490. The van der Waals surface area contributed by atoms with Crippen LogP contribution < -0.4 is 5.32 Å². The maximum atomic E-state index is 6.79. The summed E-state index contributed by atoms with van der Waals surface area (Å²) in [6, 6.07) is 47.4. The molecule has 0 amide bonds. The van der Waals surface area contributed by atoms with Gasteiger partial charge in [0.2, 0.25) is 0 Å². The fraction of sp³-hybridized carbons (Fsp3) is 0.0769. The van der Waals surface area contributed by atoms with E-state index >= 15 is 0 Å². The van der Waals surface area contributed by atoms with Gasteiger partial charge in [0.1, 0.15) is 11.2 Å². The minimum atomic E-state index is -0.0490. The van der Waals surface area contributed by atoms with Gasteiger partial charge in [0.15, 0.2) is 0 Å². The van der Waals surface area contributed by atoms with Gasteiger partial charge in [0.05, 0.1) is 0 Å². The predicted octanol–water partition coefficient (Wildman–Crippen LogP) is 11.0. The van der Waals surface area contributed by atoms with Crippen LogP contribution in [0.25, 0.3) is 55.3 Å². The maximum Gasteiger partial charge on any atom is 0.143 e. The van der Waals surface area contributed by atoms with E-state index in [2.05, 4.69) is 147 Å². The fourth-order valence-electron chi connectivity index (χ4n) is 6.55. The molecule has 0 spiro atoms. The second-order valence-corrected chi connectivity index (χ2v) is 11.5. The number of nitrogens with one attached hydrogen (secondary N) is 1. The zero-order chi connectivity index (χ0) is 27.6. The van der Waals surface area contributed by atoms with E-state index in [1.54, 1.807) is 0 Å². The molecule has 0 fully saturated rings. The summed E-state index contributed by atoms with van der Waals surface area (Å²) in [5, 5.41) is 5.87. The van der Waals surface area contributed by atoms with E-state index in [1.165, 1.54) is 38.8 Å². The largest absolute Gasteiger partial charge is 0.455 e. The van der Waals surface area contributed by atoms with Crippen molar-refractivity contribution >= 4 is 33.3 Å². The molecule has 41 heavy (non-hydrogen) atoms. The molecule has 0 bridgehead atoms. The van der Waals surface area contributed by atoms with Gasteiger partial charge in [-0.2, -0.15) is 0 Å². The van der Waals surface area contributed by atoms with Crippen LogP contribution in [0.3, 0.4) is 0 Å². The van der Waals surface area contributed by atoms with E-state index in [0.717, 1.165) is 39.1 Å². The van der Waals surface area contributed by atoms with Crippen LogP contribution in [0.1, 0.15) is 25.0 Å². The predicted molar refractivity (Wildman–Crippen MR) is 172 cm³/mol. The molecule has 7 aromatic rings. The number of benzene rings is 6. The molecule has 0 atom stereocenters. The van der Waals surface area contributed by atoms with Crippen molar-refractivity contribution in [1.82, 2.24) is 0 Å². The van der Waals surface area contributed by atoms with Gasteiger partial charge < -0.3 is 9.73 Å². The fourth-order valence-corrected chi connectivity index (χ4v) is 6.55. The Morgan fingerprint density at radius 2 is 1.07 bits per heavy atom. The summed E-state index contributed by atoms with van der Waals surface area (Å²) in [6.45, 7) is 4.62. The van der Waals surface area contributed by atoms with E-state index < -0.39 is 0 Å². The summed E-state index contributed by atoms with van der Waals surface area (Å²) in [7, 11) is 0. The van der Waals surface area contributed by atoms with Crippen LogP contribution in [0.5, 0.6) is 0 Å². The smallest absolute Gasteiger partial charge is 0.143 e. The van der Waals surface area contributed by atoms with Crippen molar-refractivity contribution in [2.24, 2.45) is 0 Å². The molecular weight excluding hydrogens is 498 g/mol. The van der Waals surface area contributed by atoms with Gasteiger partial charge in [0, 0.05) is 38.7 Å². The van der Waals surface area contributed by atoms with Crippen molar-refractivity contribution in [3.8, 4) is 33.4 Å².